The number of ether oxygens (including phenoxy) is 2. The number of phosphoric acid groups is 1. The van der Waals surface area contributed by atoms with Gasteiger partial charge in [-0.1, -0.05) is 152 Å². The molecule has 9 heteroatoms. The van der Waals surface area contributed by atoms with Gasteiger partial charge in [-0.2, -0.15) is 0 Å². The lowest BCUT2D eigenvalue weighted by Gasteiger charge is -2.20. The van der Waals surface area contributed by atoms with Crippen LogP contribution in [0.15, 0.2) is 48.6 Å². The highest BCUT2D eigenvalue weighted by atomic mass is 31.2. The van der Waals surface area contributed by atoms with Crippen molar-refractivity contribution in [2.75, 3.05) is 33.0 Å². The zero-order valence-electron chi connectivity index (χ0n) is 34.2. The summed E-state index contributed by atoms with van der Waals surface area (Å²) in [6.07, 6.45) is 48.4. The van der Waals surface area contributed by atoms with Gasteiger partial charge in [-0.05, 0) is 77.0 Å². The Balaban J connectivity index is 4.06. The van der Waals surface area contributed by atoms with Crippen LogP contribution in [0, 0.1) is 0 Å². The van der Waals surface area contributed by atoms with E-state index in [4.69, 9.17) is 24.3 Å². The fourth-order valence-corrected chi connectivity index (χ4v) is 6.53. The summed E-state index contributed by atoms with van der Waals surface area (Å²) in [6.45, 7) is 4.86. The van der Waals surface area contributed by atoms with E-state index in [1.807, 2.05) is 0 Å². The first-order chi connectivity index (χ1) is 25.9. The molecule has 0 radical (unpaired) electrons. The number of unbranched alkanes of at least 4 members (excludes halogenated alkanes) is 20. The molecule has 0 amide bonds. The Morgan fingerprint density at radius 3 is 1.55 bits per heavy atom. The molecule has 0 aliphatic rings. The van der Waals surface area contributed by atoms with Crippen molar-refractivity contribution in [2.24, 2.45) is 5.73 Å². The summed E-state index contributed by atoms with van der Waals surface area (Å²) in [5.74, 6) is -0.346. The van der Waals surface area contributed by atoms with Crippen molar-refractivity contribution >= 4 is 13.8 Å². The predicted molar refractivity (Wildman–Crippen MR) is 224 cm³/mol. The molecule has 53 heavy (non-hydrogen) atoms. The fourth-order valence-electron chi connectivity index (χ4n) is 5.76. The molecule has 0 aromatic rings. The third kappa shape index (κ3) is 41.5. The number of hydrogen-bond acceptors (Lipinski definition) is 7. The molecule has 0 bridgehead atoms. The molecule has 0 aromatic heterocycles. The van der Waals surface area contributed by atoms with Gasteiger partial charge in [-0.15, -0.1) is 0 Å². The summed E-state index contributed by atoms with van der Waals surface area (Å²) >= 11 is 0. The molecule has 0 spiro atoms. The van der Waals surface area contributed by atoms with Crippen LogP contribution in [0.4, 0.5) is 0 Å². The third-order valence-corrected chi connectivity index (χ3v) is 9.95. The standard InChI is InChI=1S/C44H82NO7P/c1-3-5-7-9-11-13-15-17-18-19-20-21-22-23-24-25-27-29-31-33-35-37-44(46)52-43(42-51-53(47,48)50-40-38-45)41-49-39-36-34-32-30-28-26-16-14-12-10-8-6-4-2/h12,14-15,17,19-20,22-23,43H,3-11,13,16,18,21,24-42,45H2,1-2H3,(H,47,48)/b14-12-,17-15-,20-19-,23-22-. The second-order valence-electron chi connectivity index (χ2n) is 14.2. The van der Waals surface area contributed by atoms with Crippen molar-refractivity contribution in [3.8, 4) is 0 Å². The minimum absolute atomic E-state index is 0.0955. The van der Waals surface area contributed by atoms with E-state index in [2.05, 4.69) is 62.5 Å². The molecule has 2 unspecified atom stereocenters. The summed E-state index contributed by atoms with van der Waals surface area (Å²) in [5, 5.41) is 0. The largest absolute Gasteiger partial charge is 0.472 e. The maximum atomic E-state index is 12.6. The Labute approximate surface area is 326 Å². The van der Waals surface area contributed by atoms with Gasteiger partial charge in [-0.3, -0.25) is 13.8 Å². The first-order valence-electron chi connectivity index (χ1n) is 21.6. The van der Waals surface area contributed by atoms with Gasteiger partial charge in [-0.25, -0.2) is 4.57 Å². The molecule has 2 atom stereocenters. The lowest BCUT2D eigenvalue weighted by atomic mass is 10.1. The first kappa shape index (κ1) is 51.5. The Hall–Kier alpha value is -1.54. The SMILES string of the molecule is CCCCC/C=C\CCCCCCCCOCC(COP(=O)(O)OCCN)OC(=O)CCCCCCCC/C=C\C/C=C\C/C=C\CCCCCCC. The Bertz CT molecular complexity index is 952. The number of esters is 1. The zero-order chi connectivity index (χ0) is 38.8. The van der Waals surface area contributed by atoms with Crippen LogP contribution in [0.25, 0.3) is 0 Å². The van der Waals surface area contributed by atoms with Crippen molar-refractivity contribution in [1.29, 1.82) is 0 Å². The summed E-state index contributed by atoms with van der Waals surface area (Å²) in [5.41, 5.74) is 5.36. The molecule has 0 fully saturated rings. The van der Waals surface area contributed by atoms with Gasteiger partial charge in [0.15, 0.2) is 0 Å². The Kier molecular flexibility index (Phi) is 40.4. The van der Waals surface area contributed by atoms with Crippen molar-refractivity contribution in [3.63, 3.8) is 0 Å². The van der Waals surface area contributed by atoms with Crippen LogP contribution in [0.1, 0.15) is 187 Å². The highest BCUT2D eigenvalue weighted by molar-refractivity contribution is 7.47. The molecular formula is C44H82NO7P. The second kappa shape index (κ2) is 41.6. The van der Waals surface area contributed by atoms with Crippen LogP contribution in [0.5, 0.6) is 0 Å². The van der Waals surface area contributed by atoms with E-state index >= 15 is 0 Å². The maximum Gasteiger partial charge on any atom is 0.472 e. The lowest BCUT2D eigenvalue weighted by Crippen LogP contribution is -2.28. The topological polar surface area (TPSA) is 117 Å². The van der Waals surface area contributed by atoms with Crippen LogP contribution in [-0.4, -0.2) is 49.9 Å². The number of phosphoric ester groups is 1. The monoisotopic (exact) mass is 768 g/mol. The lowest BCUT2D eigenvalue weighted by molar-refractivity contribution is -0.154. The van der Waals surface area contributed by atoms with Crippen molar-refractivity contribution in [1.82, 2.24) is 0 Å². The van der Waals surface area contributed by atoms with E-state index in [9.17, 15) is 14.3 Å². The van der Waals surface area contributed by atoms with Crippen molar-refractivity contribution < 1.29 is 32.8 Å². The molecule has 8 nitrogen and oxygen atoms in total. The minimum Gasteiger partial charge on any atom is -0.457 e. The molecule has 0 saturated heterocycles. The summed E-state index contributed by atoms with van der Waals surface area (Å²) in [6, 6.07) is 0. The Morgan fingerprint density at radius 2 is 1.00 bits per heavy atom. The summed E-state index contributed by atoms with van der Waals surface area (Å²) in [7, 11) is -4.28. The van der Waals surface area contributed by atoms with E-state index in [-0.39, 0.29) is 32.3 Å². The smallest absolute Gasteiger partial charge is 0.457 e. The number of carbonyl (C=O) groups excluding carboxylic acids is 1. The average molecular weight is 768 g/mol. The molecular weight excluding hydrogens is 685 g/mol. The first-order valence-corrected chi connectivity index (χ1v) is 23.1. The van der Waals surface area contributed by atoms with E-state index in [1.54, 1.807) is 0 Å². The van der Waals surface area contributed by atoms with Gasteiger partial charge in [0, 0.05) is 19.6 Å². The predicted octanol–water partition coefficient (Wildman–Crippen LogP) is 12.8. The van der Waals surface area contributed by atoms with Crippen LogP contribution < -0.4 is 5.73 Å². The van der Waals surface area contributed by atoms with Gasteiger partial charge < -0.3 is 20.1 Å². The molecule has 0 aliphatic heterocycles. The second-order valence-corrected chi connectivity index (χ2v) is 15.7. The van der Waals surface area contributed by atoms with Gasteiger partial charge in [0.05, 0.1) is 19.8 Å². The average Bonchev–Trinajstić information content (AvgIpc) is 3.15. The number of carbonyl (C=O) groups is 1. The fraction of sp³-hybridized carbons (Fsp3) is 0.795. The maximum absolute atomic E-state index is 12.6. The molecule has 310 valence electrons. The number of allylic oxidation sites excluding steroid dienone is 8. The third-order valence-electron chi connectivity index (χ3n) is 8.97. The van der Waals surface area contributed by atoms with Crippen LogP contribution in [-0.2, 0) is 27.9 Å². The van der Waals surface area contributed by atoms with Crippen LogP contribution >= 0.6 is 7.82 Å². The van der Waals surface area contributed by atoms with Gasteiger partial charge in [0.1, 0.15) is 6.10 Å². The molecule has 0 aliphatic carbocycles. The molecule has 0 saturated carbocycles. The van der Waals surface area contributed by atoms with E-state index in [1.165, 1.54) is 109 Å². The summed E-state index contributed by atoms with van der Waals surface area (Å²) in [4.78, 5) is 22.5. The van der Waals surface area contributed by atoms with E-state index < -0.39 is 13.9 Å². The number of hydrogen-bond donors (Lipinski definition) is 2. The minimum atomic E-state index is -4.28. The molecule has 0 rings (SSSR count). The zero-order valence-corrected chi connectivity index (χ0v) is 35.1. The van der Waals surface area contributed by atoms with E-state index in [0.29, 0.717) is 13.0 Å². The molecule has 0 aromatic carbocycles. The van der Waals surface area contributed by atoms with Gasteiger partial charge >= 0.3 is 13.8 Å². The van der Waals surface area contributed by atoms with Gasteiger partial charge in [0.25, 0.3) is 0 Å². The molecule has 3 N–H and O–H groups in total. The van der Waals surface area contributed by atoms with Crippen molar-refractivity contribution in [3.05, 3.63) is 48.6 Å². The number of nitrogens with two attached hydrogens (primary N) is 1. The quantitative estimate of drug-likeness (QED) is 0.0273. The van der Waals surface area contributed by atoms with Gasteiger partial charge in [0.2, 0.25) is 0 Å². The summed E-state index contributed by atoms with van der Waals surface area (Å²) < 4.78 is 33.4. The van der Waals surface area contributed by atoms with Crippen LogP contribution in [0.3, 0.4) is 0 Å². The normalized spacial score (nSPS) is 14.0. The highest BCUT2D eigenvalue weighted by Crippen LogP contribution is 2.43. The van der Waals surface area contributed by atoms with E-state index in [0.717, 1.165) is 57.8 Å². The molecule has 0 heterocycles. The Morgan fingerprint density at radius 1 is 0.566 bits per heavy atom. The number of rotatable bonds is 41. The van der Waals surface area contributed by atoms with Crippen LogP contribution in [0.2, 0.25) is 0 Å². The van der Waals surface area contributed by atoms with Crippen molar-refractivity contribution in [2.45, 2.75) is 193 Å². The highest BCUT2D eigenvalue weighted by Gasteiger charge is 2.25.